The molecule has 4 rings (SSSR count). The van der Waals surface area contributed by atoms with E-state index in [1.807, 2.05) is 18.2 Å². The first-order chi connectivity index (χ1) is 17.4. The minimum absolute atomic E-state index is 0.106. The molecule has 0 aliphatic rings. The number of aromatic nitrogens is 1. The number of anilines is 1. The number of carbonyl (C=O) groups excluding carboxylic acids is 1. The minimum atomic E-state index is -1.05. The van der Waals surface area contributed by atoms with Crippen LogP contribution in [0.4, 0.5) is 5.69 Å². The molecular formula is C27H26ClN3O5. The molecule has 0 saturated heterocycles. The highest BCUT2D eigenvalue weighted by atomic mass is 35.5. The van der Waals surface area contributed by atoms with Crippen LogP contribution in [0.5, 0.6) is 11.5 Å². The summed E-state index contributed by atoms with van der Waals surface area (Å²) in [6.07, 6.45) is 2.35. The van der Waals surface area contributed by atoms with Gasteiger partial charge in [0.25, 0.3) is 0 Å². The Morgan fingerprint density at radius 1 is 1.14 bits per heavy atom. The summed E-state index contributed by atoms with van der Waals surface area (Å²) in [6, 6.07) is 14.2. The Morgan fingerprint density at radius 3 is 2.67 bits per heavy atom. The fourth-order valence-corrected chi connectivity index (χ4v) is 4.05. The predicted octanol–water partition coefficient (Wildman–Crippen LogP) is 4.88. The van der Waals surface area contributed by atoms with Gasteiger partial charge in [0.2, 0.25) is 11.2 Å². The van der Waals surface area contributed by atoms with Gasteiger partial charge in [-0.05, 0) is 68.4 Å². The number of hydrogen-bond acceptors (Lipinski definition) is 8. The number of nitrogens with one attached hydrogen (secondary N) is 2. The second-order valence-electron chi connectivity index (χ2n) is 8.21. The number of fused-ring (bicyclic) bond motifs is 1. The number of rotatable bonds is 10. The Balaban J connectivity index is 1.48. The summed E-state index contributed by atoms with van der Waals surface area (Å²) in [5.41, 5.74) is 1.50. The number of aromatic hydroxyl groups is 1. The van der Waals surface area contributed by atoms with Crippen LogP contribution in [0.1, 0.15) is 34.3 Å². The summed E-state index contributed by atoms with van der Waals surface area (Å²) >= 11 is 6.06. The Labute approximate surface area is 212 Å². The molecule has 0 aliphatic heterocycles. The average Bonchev–Trinajstić information content (AvgIpc) is 2.88. The summed E-state index contributed by atoms with van der Waals surface area (Å²) in [7, 11) is 1.54. The lowest BCUT2D eigenvalue weighted by Crippen LogP contribution is -2.31. The van der Waals surface area contributed by atoms with Crippen LogP contribution < -0.4 is 20.8 Å². The first kappa shape index (κ1) is 25.2. The number of pyridine rings is 1. The van der Waals surface area contributed by atoms with Gasteiger partial charge in [0, 0.05) is 40.5 Å². The second kappa shape index (κ2) is 11.2. The molecule has 8 nitrogen and oxygen atoms in total. The Kier molecular flexibility index (Phi) is 7.87. The van der Waals surface area contributed by atoms with Gasteiger partial charge in [-0.15, -0.1) is 0 Å². The van der Waals surface area contributed by atoms with Crippen molar-refractivity contribution >= 4 is 34.0 Å². The van der Waals surface area contributed by atoms with E-state index in [9.17, 15) is 14.7 Å². The number of nitrogens with zero attached hydrogens (tertiary/aromatic N) is 1. The highest BCUT2D eigenvalue weighted by molar-refractivity contribution is 6.31. The monoisotopic (exact) mass is 507 g/mol. The number of ether oxygens (including phenoxy) is 1. The Hall–Kier alpha value is -3.88. The highest BCUT2D eigenvalue weighted by Gasteiger charge is 2.28. The standard InChI is InChI=1S/C27H26ClN3O5/c1-16-14-23(32)26(34)27(36-16)24(25(33)17-4-7-19(35-2)8-5-17)31-12-3-11-29-21-10-13-30-22-15-18(28)6-9-20(21)22/h4-10,13-15,24,31,34H,3,11-12H2,1-2H3,(H,29,30). The predicted molar refractivity (Wildman–Crippen MR) is 139 cm³/mol. The van der Waals surface area contributed by atoms with Gasteiger partial charge in [0.05, 0.1) is 12.6 Å². The summed E-state index contributed by atoms with van der Waals surface area (Å²) in [6.45, 7) is 2.60. The van der Waals surface area contributed by atoms with Crippen LogP contribution >= 0.6 is 11.6 Å². The van der Waals surface area contributed by atoms with Gasteiger partial charge < -0.3 is 24.9 Å². The molecule has 0 spiro atoms. The summed E-state index contributed by atoms with van der Waals surface area (Å²) in [5, 5.41) is 18.5. The van der Waals surface area contributed by atoms with Crippen molar-refractivity contribution in [2.45, 2.75) is 19.4 Å². The van der Waals surface area contributed by atoms with Crippen molar-refractivity contribution in [2.75, 3.05) is 25.5 Å². The van der Waals surface area contributed by atoms with Gasteiger partial charge in [-0.2, -0.15) is 0 Å². The van der Waals surface area contributed by atoms with Crippen LogP contribution in [0, 0.1) is 6.92 Å². The minimum Gasteiger partial charge on any atom is -0.502 e. The van der Waals surface area contributed by atoms with Crippen LogP contribution in [0.25, 0.3) is 10.9 Å². The lowest BCUT2D eigenvalue weighted by Gasteiger charge is -2.19. The molecule has 1 unspecified atom stereocenters. The molecule has 0 amide bonds. The molecule has 3 N–H and O–H groups in total. The first-order valence-corrected chi connectivity index (χ1v) is 11.8. The fourth-order valence-electron chi connectivity index (χ4n) is 3.88. The van der Waals surface area contributed by atoms with E-state index in [0.29, 0.717) is 41.6 Å². The Morgan fingerprint density at radius 2 is 1.92 bits per heavy atom. The van der Waals surface area contributed by atoms with E-state index in [1.165, 1.54) is 6.07 Å². The third kappa shape index (κ3) is 5.67. The number of ketones is 1. The molecule has 36 heavy (non-hydrogen) atoms. The molecule has 2 aromatic carbocycles. The molecule has 0 fully saturated rings. The normalized spacial score (nSPS) is 11.9. The largest absolute Gasteiger partial charge is 0.502 e. The second-order valence-corrected chi connectivity index (χ2v) is 8.65. The zero-order valence-corrected chi connectivity index (χ0v) is 20.6. The van der Waals surface area contributed by atoms with Crippen molar-refractivity contribution in [1.29, 1.82) is 0 Å². The molecule has 0 radical (unpaired) electrons. The van der Waals surface area contributed by atoms with Crippen LogP contribution in [-0.2, 0) is 0 Å². The van der Waals surface area contributed by atoms with Crippen molar-refractivity contribution in [2.24, 2.45) is 0 Å². The fraction of sp³-hybridized carbons (Fsp3) is 0.222. The van der Waals surface area contributed by atoms with E-state index in [1.54, 1.807) is 50.6 Å². The van der Waals surface area contributed by atoms with Crippen LogP contribution in [-0.4, -0.2) is 36.1 Å². The van der Waals surface area contributed by atoms with Gasteiger partial charge in [-0.25, -0.2) is 0 Å². The lowest BCUT2D eigenvalue weighted by atomic mass is 10.0. The van der Waals surface area contributed by atoms with E-state index in [4.69, 9.17) is 20.8 Å². The summed E-state index contributed by atoms with van der Waals surface area (Å²) < 4.78 is 10.8. The summed E-state index contributed by atoms with van der Waals surface area (Å²) in [4.78, 5) is 29.9. The van der Waals surface area contributed by atoms with Crippen molar-refractivity contribution < 1.29 is 19.1 Å². The number of aryl methyl sites for hydroxylation is 1. The maximum Gasteiger partial charge on any atom is 0.227 e. The van der Waals surface area contributed by atoms with E-state index in [-0.39, 0.29) is 11.5 Å². The quantitative estimate of drug-likeness (QED) is 0.205. The van der Waals surface area contributed by atoms with Crippen LogP contribution in [0.2, 0.25) is 5.02 Å². The van der Waals surface area contributed by atoms with E-state index >= 15 is 0 Å². The van der Waals surface area contributed by atoms with E-state index < -0.39 is 17.2 Å². The third-order valence-corrected chi connectivity index (χ3v) is 5.93. The van der Waals surface area contributed by atoms with Gasteiger partial charge in [0.15, 0.2) is 11.5 Å². The van der Waals surface area contributed by atoms with Gasteiger partial charge in [-0.1, -0.05) is 11.6 Å². The van der Waals surface area contributed by atoms with Crippen molar-refractivity contribution in [3.8, 4) is 11.5 Å². The molecule has 4 aromatic rings. The number of carbonyl (C=O) groups is 1. The van der Waals surface area contributed by atoms with Gasteiger partial charge in [0.1, 0.15) is 17.6 Å². The van der Waals surface area contributed by atoms with Crippen LogP contribution in [0.3, 0.4) is 0 Å². The smallest absolute Gasteiger partial charge is 0.227 e. The van der Waals surface area contributed by atoms with Crippen LogP contribution in [0.15, 0.2) is 70.0 Å². The number of benzene rings is 2. The van der Waals surface area contributed by atoms with Crippen molar-refractivity contribution in [3.05, 3.63) is 93.1 Å². The summed E-state index contributed by atoms with van der Waals surface area (Å²) in [5.74, 6) is -0.121. The van der Waals surface area contributed by atoms with Crippen molar-refractivity contribution in [3.63, 3.8) is 0 Å². The number of hydrogen-bond donors (Lipinski definition) is 3. The first-order valence-electron chi connectivity index (χ1n) is 11.4. The SMILES string of the molecule is COc1ccc(C(=O)C(NCCCNc2ccnc3cc(Cl)ccc23)c2oc(C)cc(=O)c2O)cc1. The number of Topliss-reactive ketones (excluding diaryl/α,β-unsaturated/α-hetero) is 1. The molecule has 2 heterocycles. The maximum atomic E-state index is 13.4. The average molecular weight is 508 g/mol. The zero-order valence-electron chi connectivity index (χ0n) is 19.9. The zero-order chi connectivity index (χ0) is 25.7. The lowest BCUT2D eigenvalue weighted by molar-refractivity contribution is 0.0926. The van der Waals surface area contributed by atoms with E-state index in [2.05, 4.69) is 15.6 Å². The molecule has 0 saturated carbocycles. The topological polar surface area (TPSA) is 114 Å². The molecule has 0 aliphatic carbocycles. The molecule has 2 aromatic heterocycles. The Bertz CT molecular complexity index is 1440. The molecule has 1 atom stereocenters. The van der Waals surface area contributed by atoms with Crippen molar-refractivity contribution in [1.82, 2.24) is 10.3 Å². The number of halogens is 1. The maximum absolute atomic E-state index is 13.4. The molecule has 186 valence electrons. The highest BCUT2D eigenvalue weighted by Crippen LogP contribution is 2.27. The third-order valence-electron chi connectivity index (χ3n) is 5.69. The molecule has 0 bridgehead atoms. The molecule has 9 heteroatoms. The van der Waals surface area contributed by atoms with Gasteiger partial charge >= 0.3 is 0 Å². The van der Waals surface area contributed by atoms with E-state index in [0.717, 1.165) is 16.6 Å². The molecular weight excluding hydrogens is 482 g/mol. The van der Waals surface area contributed by atoms with Gasteiger partial charge in [-0.3, -0.25) is 14.6 Å². The number of methoxy groups -OCH3 is 1.